The van der Waals surface area contributed by atoms with Crippen molar-refractivity contribution in [3.05, 3.63) is 29.3 Å². The predicted octanol–water partition coefficient (Wildman–Crippen LogP) is 2.05. The minimum atomic E-state index is -0.234. The summed E-state index contributed by atoms with van der Waals surface area (Å²) in [7, 11) is 3.40. The first-order valence-corrected chi connectivity index (χ1v) is 7.61. The zero-order valence-corrected chi connectivity index (χ0v) is 13.7. The molecule has 1 aliphatic rings. The van der Waals surface area contributed by atoms with Crippen LogP contribution in [0.2, 0.25) is 0 Å². The van der Waals surface area contributed by atoms with Gasteiger partial charge in [-0.05, 0) is 26.3 Å². The molecule has 22 heavy (non-hydrogen) atoms. The number of benzene rings is 1. The van der Waals surface area contributed by atoms with Gasteiger partial charge in [-0.3, -0.25) is 9.59 Å². The van der Waals surface area contributed by atoms with Gasteiger partial charge >= 0.3 is 0 Å². The summed E-state index contributed by atoms with van der Waals surface area (Å²) in [6.07, 6.45) is 1.01. The maximum atomic E-state index is 12.4. The van der Waals surface area contributed by atoms with E-state index < -0.39 is 0 Å². The Morgan fingerprint density at radius 3 is 2.82 bits per heavy atom. The maximum absolute atomic E-state index is 12.4. The Balaban J connectivity index is 2.05. The van der Waals surface area contributed by atoms with Gasteiger partial charge in [0.1, 0.15) is 5.75 Å². The SMILES string of the molecule is COc1ccc(C)cc1[C@@H](C)NC(=O)[C@@H]1CCN(C)C(=O)C1. The number of amides is 2. The number of rotatable bonds is 4. The lowest BCUT2D eigenvalue weighted by molar-refractivity contribution is -0.139. The van der Waals surface area contributed by atoms with Gasteiger partial charge in [0.05, 0.1) is 13.2 Å². The van der Waals surface area contributed by atoms with Crippen LogP contribution >= 0.6 is 0 Å². The first-order chi connectivity index (χ1) is 10.4. The zero-order chi connectivity index (χ0) is 16.3. The van der Waals surface area contributed by atoms with Gasteiger partial charge in [-0.1, -0.05) is 17.7 Å². The van der Waals surface area contributed by atoms with Gasteiger partial charge in [0.15, 0.2) is 0 Å². The highest BCUT2D eigenvalue weighted by Gasteiger charge is 2.29. The molecule has 1 heterocycles. The van der Waals surface area contributed by atoms with E-state index in [1.54, 1.807) is 19.1 Å². The van der Waals surface area contributed by atoms with Gasteiger partial charge in [-0.15, -0.1) is 0 Å². The van der Waals surface area contributed by atoms with Crippen molar-refractivity contribution >= 4 is 11.8 Å². The van der Waals surface area contributed by atoms with Crippen molar-refractivity contribution in [1.82, 2.24) is 10.2 Å². The van der Waals surface area contributed by atoms with Crippen LogP contribution in [0.3, 0.4) is 0 Å². The summed E-state index contributed by atoms with van der Waals surface area (Å²) in [5, 5.41) is 3.01. The first-order valence-electron chi connectivity index (χ1n) is 7.61. The average molecular weight is 304 g/mol. The fraction of sp³-hybridized carbons (Fsp3) is 0.529. The second kappa shape index (κ2) is 6.81. The van der Waals surface area contributed by atoms with E-state index in [-0.39, 0.29) is 23.8 Å². The number of nitrogens with zero attached hydrogens (tertiary/aromatic N) is 1. The van der Waals surface area contributed by atoms with E-state index in [1.165, 1.54) is 0 Å². The molecule has 0 aromatic heterocycles. The predicted molar refractivity (Wildman–Crippen MR) is 84.6 cm³/mol. The second-order valence-corrected chi connectivity index (χ2v) is 5.98. The van der Waals surface area contributed by atoms with E-state index in [0.717, 1.165) is 16.9 Å². The van der Waals surface area contributed by atoms with Crippen molar-refractivity contribution in [2.24, 2.45) is 5.92 Å². The number of ether oxygens (including phenoxy) is 1. The lowest BCUT2D eigenvalue weighted by atomic mass is 9.94. The second-order valence-electron chi connectivity index (χ2n) is 5.98. The number of aryl methyl sites for hydroxylation is 1. The van der Waals surface area contributed by atoms with Crippen LogP contribution in [0.15, 0.2) is 18.2 Å². The molecule has 0 unspecified atom stereocenters. The van der Waals surface area contributed by atoms with Gasteiger partial charge in [0, 0.05) is 31.5 Å². The van der Waals surface area contributed by atoms with Crippen LogP contribution in [-0.2, 0) is 9.59 Å². The minimum absolute atomic E-state index is 0.0344. The normalized spacial score (nSPS) is 19.7. The van der Waals surface area contributed by atoms with Crippen LogP contribution in [0.5, 0.6) is 5.75 Å². The molecule has 1 N–H and O–H groups in total. The van der Waals surface area contributed by atoms with Crippen LogP contribution in [-0.4, -0.2) is 37.4 Å². The number of nitrogens with one attached hydrogen (secondary N) is 1. The Kier molecular flexibility index (Phi) is 5.06. The van der Waals surface area contributed by atoms with Crippen LogP contribution < -0.4 is 10.1 Å². The Hall–Kier alpha value is -2.04. The monoisotopic (exact) mass is 304 g/mol. The molecule has 1 fully saturated rings. The largest absolute Gasteiger partial charge is 0.496 e. The van der Waals surface area contributed by atoms with E-state index in [9.17, 15) is 9.59 Å². The van der Waals surface area contributed by atoms with E-state index >= 15 is 0 Å². The van der Waals surface area contributed by atoms with Gasteiger partial charge < -0.3 is 15.0 Å². The Morgan fingerprint density at radius 1 is 1.45 bits per heavy atom. The van der Waals surface area contributed by atoms with Gasteiger partial charge in [0.25, 0.3) is 0 Å². The topological polar surface area (TPSA) is 58.6 Å². The summed E-state index contributed by atoms with van der Waals surface area (Å²) in [5.41, 5.74) is 2.07. The highest BCUT2D eigenvalue weighted by molar-refractivity contribution is 5.87. The molecule has 2 amide bonds. The third-order valence-electron chi connectivity index (χ3n) is 4.24. The molecule has 2 atom stereocenters. The summed E-state index contributed by atoms with van der Waals surface area (Å²) in [4.78, 5) is 25.8. The molecule has 5 nitrogen and oxygen atoms in total. The van der Waals surface area contributed by atoms with E-state index in [4.69, 9.17) is 4.74 Å². The summed E-state index contributed by atoms with van der Waals surface area (Å²) in [5.74, 6) is 0.504. The Bertz CT molecular complexity index is 571. The molecule has 1 saturated heterocycles. The molecule has 5 heteroatoms. The quantitative estimate of drug-likeness (QED) is 0.926. The minimum Gasteiger partial charge on any atom is -0.496 e. The van der Waals surface area contributed by atoms with Crippen LogP contribution in [0.4, 0.5) is 0 Å². The summed E-state index contributed by atoms with van der Waals surface area (Å²) >= 11 is 0. The fourth-order valence-corrected chi connectivity index (χ4v) is 2.77. The molecule has 0 bridgehead atoms. The number of hydrogen-bond acceptors (Lipinski definition) is 3. The molecule has 1 aromatic carbocycles. The first kappa shape index (κ1) is 16.3. The van der Waals surface area contributed by atoms with Gasteiger partial charge in [-0.25, -0.2) is 0 Å². The third-order valence-corrected chi connectivity index (χ3v) is 4.24. The summed E-state index contributed by atoms with van der Waals surface area (Å²) < 4.78 is 5.37. The molecule has 1 aromatic rings. The molecular formula is C17H24N2O3. The third kappa shape index (κ3) is 3.59. The number of methoxy groups -OCH3 is 1. The maximum Gasteiger partial charge on any atom is 0.224 e. The van der Waals surface area contributed by atoms with Crippen molar-refractivity contribution in [1.29, 1.82) is 0 Å². The lowest BCUT2D eigenvalue weighted by Gasteiger charge is -2.29. The van der Waals surface area contributed by atoms with Gasteiger partial charge in [-0.2, -0.15) is 0 Å². The highest BCUT2D eigenvalue weighted by atomic mass is 16.5. The molecule has 0 aliphatic carbocycles. The smallest absolute Gasteiger partial charge is 0.224 e. The van der Waals surface area contributed by atoms with E-state index in [0.29, 0.717) is 19.4 Å². The Morgan fingerprint density at radius 2 is 2.18 bits per heavy atom. The van der Waals surface area contributed by atoms with E-state index in [2.05, 4.69) is 5.32 Å². The molecular weight excluding hydrogens is 280 g/mol. The van der Waals surface area contributed by atoms with Crippen molar-refractivity contribution < 1.29 is 14.3 Å². The summed E-state index contributed by atoms with van der Waals surface area (Å²) in [6.45, 7) is 4.58. The average Bonchev–Trinajstić information content (AvgIpc) is 2.49. The van der Waals surface area contributed by atoms with Gasteiger partial charge in [0.2, 0.25) is 11.8 Å². The van der Waals surface area contributed by atoms with Crippen molar-refractivity contribution in [3.63, 3.8) is 0 Å². The number of carbonyl (C=O) groups excluding carboxylic acids is 2. The molecule has 0 saturated carbocycles. The van der Waals surface area contributed by atoms with Crippen molar-refractivity contribution in [2.75, 3.05) is 20.7 Å². The van der Waals surface area contributed by atoms with Crippen molar-refractivity contribution in [3.8, 4) is 5.75 Å². The summed E-state index contributed by atoms with van der Waals surface area (Å²) in [6, 6.07) is 5.75. The molecule has 1 aliphatic heterocycles. The molecule has 120 valence electrons. The van der Waals surface area contributed by atoms with Crippen LogP contribution in [0, 0.1) is 12.8 Å². The lowest BCUT2D eigenvalue weighted by Crippen LogP contribution is -2.42. The highest BCUT2D eigenvalue weighted by Crippen LogP contribution is 2.27. The molecule has 0 radical (unpaired) electrons. The molecule has 0 spiro atoms. The number of piperidine rings is 1. The number of hydrogen-bond donors (Lipinski definition) is 1. The zero-order valence-electron chi connectivity index (χ0n) is 13.7. The fourth-order valence-electron chi connectivity index (χ4n) is 2.77. The number of carbonyl (C=O) groups is 2. The number of likely N-dealkylation sites (tertiary alicyclic amines) is 1. The van der Waals surface area contributed by atoms with Crippen molar-refractivity contribution in [2.45, 2.75) is 32.7 Å². The van der Waals surface area contributed by atoms with Crippen LogP contribution in [0.1, 0.15) is 36.9 Å². The standard InChI is InChI=1S/C17H24N2O3/c1-11-5-6-15(22-4)14(9-11)12(2)18-17(21)13-7-8-19(3)16(20)10-13/h5-6,9,12-13H,7-8,10H2,1-4H3,(H,18,21)/t12-,13-/m1/s1. The molecule has 2 rings (SSSR count). The van der Waals surface area contributed by atoms with E-state index in [1.807, 2.05) is 32.0 Å². The van der Waals surface area contributed by atoms with Crippen LogP contribution in [0.25, 0.3) is 0 Å². The Labute approximate surface area is 131 Å².